The highest BCUT2D eigenvalue weighted by Crippen LogP contribution is 2.17. The molecule has 0 radical (unpaired) electrons. The fraction of sp³-hybridized carbons (Fsp3) is 0.308. The molecular weight excluding hydrogens is 230 g/mol. The number of rotatable bonds is 2. The number of nitrogens with zero attached hydrogens (tertiary/aromatic N) is 1. The summed E-state index contributed by atoms with van der Waals surface area (Å²) in [5.41, 5.74) is 5.26. The van der Waals surface area contributed by atoms with Crippen LogP contribution in [0, 0.1) is 5.92 Å². The van der Waals surface area contributed by atoms with Crippen molar-refractivity contribution in [3.8, 4) is 0 Å². The van der Waals surface area contributed by atoms with Crippen molar-refractivity contribution in [1.82, 2.24) is 15.8 Å². The van der Waals surface area contributed by atoms with E-state index in [2.05, 4.69) is 21.9 Å². The zero-order chi connectivity index (χ0) is 12.8. The van der Waals surface area contributed by atoms with Crippen LogP contribution in [0.15, 0.2) is 36.7 Å². The van der Waals surface area contributed by atoms with Gasteiger partial charge in [0.05, 0.1) is 5.56 Å². The van der Waals surface area contributed by atoms with E-state index in [0.29, 0.717) is 5.56 Å². The second kappa shape index (κ2) is 5.95. The molecule has 0 saturated carbocycles. The topological polar surface area (TPSA) is 71.1 Å². The smallest absolute Gasteiger partial charge is 0.271 e. The number of aromatic nitrogens is 1. The maximum atomic E-state index is 11.8. The van der Waals surface area contributed by atoms with Crippen LogP contribution in [0.5, 0.6) is 0 Å². The maximum absolute atomic E-state index is 11.8. The van der Waals surface area contributed by atoms with Gasteiger partial charge in [-0.15, -0.1) is 0 Å². The summed E-state index contributed by atoms with van der Waals surface area (Å²) in [5.74, 6) is -0.552. The molecule has 5 nitrogen and oxygen atoms in total. The van der Waals surface area contributed by atoms with Gasteiger partial charge in [-0.2, -0.15) is 0 Å². The van der Waals surface area contributed by atoms with E-state index < -0.39 is 0 Å². The molecule has 1 aliphatic rings. The molecule has 1 aromatic heterocycles. The standard InChI is InChI=1S/C13H15N3O2/c17-12(10-5-2-1-3-6-10)15-16-13(18)11-7-4-8-14-9-11/h1-2,4,7-10H,3,5-6H2,(H,15,17)(H,16,18)/t10-/m1/s1. The maximum Gasteiger partial charge on any atom is 0.271 e. The van der Waals surface area contributed by atoms with Gasteiger partial charge in [0.15, 0.2) is 0 Å². The summed E-state index contributed by atoms with van der Waals surface area (Å²) in [6.07, 6.45) is 9.57. The summed E-state index contributed by atoms with van der Waals surface area (Å²) in [4.78, 5) is 27.3. The van der Waals surface area contributed by atoms with Gasteiger partial charge in [-0.05, 0) is 31.4 Å². The highest BCUT2D eigenvalue weighted by Gasteiger charge is 2.19. The fourth-order valence-corrected chi connectivity index (χ4v) is 1.82. The Bertz CT molecular complexity index is 457. The number of nitrogens with one attached hydrogen (secondary N) is 2. The molecule has 2 N–H and O–H groups in total. The molecule has 2 amide bonds. The zero-order valence-electron chi connectivity index (χ0n) is 9.93. The Labute approximate surface area is 105 Å². The monoisotopic (exact) mass is 245 g/mol. The van der Waals surface area contributed by atoms with Crippen LogP contribution in [0.4, 0.5) is 0 Å². The van der Waals surface area contributed by atoms with E-state index in [1.807, 2.05) is 6.08 Å². The Balaban J connectivity index is 1.83. The molecule has 0 fully saturated rings. The molecule has 18 heavy (non-hydrogen) atoms. The van der Waals surface area contributed by atoms with Crippen molar-refractivity contribution in [1.29, 1.82) is 0 Å². The Morgan fingerprint density at radius 2 is 2.17 bits per heavy atom. The molecule has 0 spiro atoms. The minimum Gasteiger partial charge on any atom is -0.273 e. The molecular formula is C13H15N3O2. The number of amides is 2. The number of hydrogen-bond donors (Lipinski definition) is 2. The Morgan fingerprint density at radius 3 is 2.83 bits per heavy atom. The molecule has 1 aromatic rings. The van der Waals surface area contributed by atoms with Crippen LogP contribution in [0.1, 0.15) is 29.6 Å². The number of pyridine rings is 1. The van der Waals surface area contributed by atoms with Crippen LogP contribution >= 0.6 is 0 Å². The summed E-state index contributed by atoms with van der Waals surface area (Å²) < 4.78 is 0. The predicted octanol–water partition coefficient (Wildman–Crippen LogP) is 1.20. The van der Waals surface area contributed by atoms with Crippen LogP contribution in [0.3, 0.4) is 0 Å². The van der Waals surface area contributed by atoms with E-state index >= 15 is 0 Å². The molecule has 2 rings (SSSR count). The molecule has 5 heteroatoms. The first-order valence-corrected chi connectivity index (χ1v) is 5.92. The van der Waals surface area contributed by atoms with Crippen LogP contribution in [0.2, 0.25) is 0 Å². The van der Waals surface area contributed by atoms with Crippen molar-refractivity contribution in [3.05, 3.63) is 42.2 Å². The summed E-state index contributed by atoms with van der Waals surface area (Å²) >= 11 is 0. The van der Waals surface area contributed by atoms with Crippen LogP contribution in [-0.4, -0.2) is 16.8 Å². The summed E-state index contributed by atoms with van der Waals surface area (Å²) in [6, 6.07) is 3.31. The first-order valence-electron chi connectivity index (χ1n) is 5.92. The number of hydrazine groups is 1. The summed E-state index contributed by atoms with van der Waals surface area (Å²) in [5, 5.41) is 0. The van der Waals surface area contributed by atoms with E-state index in [0.717, 1.165) is 19.3 Å². The summed E-state index contributed by atoms with van der Waals surface area (Å²) in [7, 11) is 0. The lowest BCUT2D eigenvalue weighted by Crippen LogP contribution is -2.44. The average molecular weight is 245 g/mol. The van der Waals surface area contributed by atoms with Gasteiger partial charge in [0.2, 0.25) is 5.91 Å². The van der Waals surface area contributed by atoms with Crippen LogP contribution in [0.25, 0.3) is 0 Å². The molecule has 94 valence electrons. The molecule has 0 unspecified atom stereocenters. The van der Waals surface area contributed by atoms with Crippen LogP contribution < -0.4 is 10.9 Å². The van der Waals surface area contributed by atoms with E-state index in [4.69, 9.17) is 0 Å². The first kappa shape index (κ1) is 12.3. The molecule has 0 saturated heterocycles. The van der Waals surface area contributed by atoms with E-state index in [-0.39, 0.29) is 17.7 Å². The third-order valence-corrected chi connectivity index (χ3v) is 2.86. The van der Waals surface area contributed by atoms with Gasteiger partial charge < -0.3 is 0 Å². The molecule has 0 aromatic carbocycles. The third kappa shape index (κ3) is 3.16. The minimum absolute atomic E-state index is 0.0517. The molecule has 1 heterocycles. The van der Waals surface area contributed by atoms with Gasteiger partial charge in [-0.1, -0.05) is 12.2 Å². The molecule has 0 bridgehead atoms. The van der Waals surface area contributed by atoms with E-state index in [1.54, 1.807) is 18.3 Å². The minimum atomic E-state index is -0.359. The molecule has 1 atom stereocenters. The highest BCUT2D eigenvalue weighted by molar-refractivity contribution is 5.95. The Hall–Kier alpha value is -2.17. The predicted molar refractivity (Wildman–Crippen MR) is 66.3 cm³/mol. The highest BCUT2D eigenvalue weighted by atomic mass is 16.2. The normalized spacial score (nSPS) is 18.1. The van der Waals surface area contributed by atoms with Gasteiger partial charge in [0, 0.05) is 18.3 Å². The van der Waals surface area contributed by atoms with Gasteiger partial charge in [0.1, 0.15) is 0 Å². The second-order valence-corrected chi connectivity index (χ2v) is 4.17. The Kier molecular flexibility index (Phi) is 4.06. The zero-order valence-corrected chi connectivity index (χ0v) is 9.93. The van der Waals surface area contributed by atoms with Gasteiger partial charge >= 0.3 is 0 Å². The van der Waals surface area contributed by atoms with Gasteiger partial charge in [-0.3, -0.25) is 25.4 Å². The van der Waals surface area contributed by atoms with Crippen LogP contribution in [-0.2, 0) is 4.79 Å². The van der Waals surface area contributed by atoms with Crippen molar-refractivity contribution in [2.75, 3.05) is 0 Å². The third-order valence-electron chi connectivity index (χ3n) is 2.86. The molecule has 1 aliphatic carbocycles. The largest absolute Gasteiger partial charge is 0.273 e. The number of allylic oxidation sites excluding steroid dienone is 2. The lowest BCUT2D eigenvalue weighted by atomic mass is 9.94. The number of carbonyl (C=O) groups excluding carboxylic acids is 2. The van der Waals surface area contributed by atoms with Crippen molar-refractivity contribution in [2.45, 2.75) is 19.3 Å². The second-order valence-electron chi connectivity index (χ2n) is 4.17. The van der Waals surface area contributed by atoms with Gasteiger partial charge in [-0.25, -0.2) is 0 Å². The van der Waals surface area contributed by atoms with E-state index in [1.165, 1.54) is 6.20 Å². The lowest BCUT2D eigenvalue weighted by Gasteiger charge is -2.17. The van der Waals surface area contributed by atoms with Crippen molar-refractivity contribution in [2.24, 2.45) is 5.92 Å². The molecule has 0 aliphatic heterocycles. The van der Waals surface area contributed by atoms with Crippen molar-refractivity contribution < 1.29 is 9.59 Å². The number of carbonyl (C=O) groups is 2. The van der Waals surface area contributed by atoms with E-state index in [9.17, 15) is 9.59 Å². The fourth-order valence-electron chi connectivity index (χ4n) is 1.82. The Morgan fingerprint density at radius 1 is 1.28 bits per heavy atom. The SMILES string of the molecule is O=C(NNC(=O)[C@@H]1CC=CCC1)c1cccnc1. The van der Waals surface area contributed by atoms with Gasteiger partial charge in [0.25, 0.3) is 5.91 Å². The first-order chi connectivity index (χ1) is 8.77. The number of hydrogen-bond acceptors (Lipinski definition) is 3. The quantitative estimate of drug-likeness (QED) is 0.607. The lowest BCUT2D eigenvalue weighted by molar-refractivity contribution is -0.126. The van der Waals surface area contributed by atoms with Crippen molar-refractivity contribution >= 4 is 11.8 Å². The van der Waals surface area contributed by atoms with Crippen molar-refractivity contribution in [3.63, 3.8) is 0 Å². The summed E-state index contributed by atoms with van der Waals surface area (Å²) in [6.45, 7) is 0. The average Bonchev–Trinajstić information content (AvgIpc) is 2.46.